The van der Waals surface area contributed by atoms with Crippen molar-refractivity contribution in [2.24, 2.45) is 0 Å². The maximum atomic E-state index is 12.2. The minimum atomic E-state index is -1.12. The van der Waals surface area contributed by atoms with Crippen molar-refractivity contribution in [2.75, 3.05) is 0 Å². The Morgan fingerprint density at radius 2 is 0.505 bits per heavy atom. The van der Waals surface area contributed by atoms with Gasteiger partial charge >= 0.3 is 0 Å². The van der Waals surface area contributed by atoms with Crippen molar-refractivity contribution >= 4 is 0 Å². The van der Waals surface area contributed by atoms with Gasteiger partial charge < -0.3 is 51.1 Å². The van der Waals surface area contributed by atoms with E-state index in [1.807, 2.05) is 152 Å². The third kappa shape index (κ3) is 13.2. The van der Waals surface area contributed by atoms with E-state index in [1.165, 1.54) is 0 Å². The maximum Gasteiger partial charge on any atom is 0.122 e. The summed E-state index contributed by atoms with van der Waals surface area (Å²) in [6.45, 7) is 21.5. The SMILES string of the molecule is Cc1cc(Cc2cc(C(C)c3cc(C(C)(c4ccc(O)c(Cc5ccc(O)c(C)c5)c4)c4cc(C)c(O)c(Cc5ccc(O)c(C)c5)c4)cc(C(C)(c4cc(C)c(O)c(Cc5ccc(O)c(C)c5)c4)c4cc(C)c(O)c(Cc5ccc(O)c(C)c5)c4)c3)ccc2O)ccc1O. The zero-order chi connectivity index (χ0) is 68.1. The smallest absolute Gasteiger partial charge is 0.122 e. The van der Waals surface area contributed by atoms with Crippen LogP contribution < -0.4 is 0 Å². The highest BCUT2D eigenvalue weighted by Gasteiger charge is 2.39. The van der Waals surface area contributed by atoms with Gasteiger partial charge in [0.05, 0.1) is 0 Å². The quantitative estimate of drug-likeness (QED) is 0.0369. The molecule has 95 heavy (non-hydrogen) atoms. The summed E-state index contributed by atoms with van der Waals surface area (Å²) >= 11 is 0. The molecule has 0 fully saturated rings. The molecule has 0 radical (unpaired) electrons. The zero-order valence-corrected chi connectivity index (χ0v) is 55.9. The van der Waals surface area contributed by atoms with Crippen LogP contribution in [0.4, 0.5) is 0 Å². The summed E-state index contributed by atoms with van der Waals surface area (Å²) in [7, 11) is 0. The third-order valence-corrected chi connectivity index (χ3v) is 20.0. The van der Waals surface area contributed by atoms with Crippen molar-refractivity contribution in [3.8, 4) is 57.5 Å². The van der Waals surface area contributed by atoms with E-state index in [0.717, 1.165) is 77.9 Å². The molecule has 0 spiro atoms. The molecule has 0 heterocycles. The number of phenols is 10. The first-order valence-electron chi connectivity index (χ1n) is 32.3. The Morgan fingerprint density at radius 1 is 0.242 bits per heavy atom. The van der Waals surface area contributed by atoms with Gasteiger partial charge in [-0.1, -0.05) is 146 Å². The average molecular weight is 1270 g/mol. The highest BCUT2D eigenvalue weighted by atomic mass is 16.3. The summed E-state index contributed by atoms with van der Waals surface area (Å²) in [5.41, 5.74) is 17.9. The summed E-state index contributed by atoms with van der Waals surface area (Å²) in [5, 5.41) is 113. The van der Waals surface area contributed by atoms with E-state index < -0.39 is 10.8 Å². The van der Waals surface area contributed by atoms with Crippen molar-refractivity contribution < 1.29 is 51.1 Å². The van der Waals surface area contributed by atoms with Crippen LogP contribution >= 0.6 is 0 Å². The highest BCUT2D eigenvalue weighted by Crippen LogP contribution is 2.50. The molecule has 10 nitrogen and oxygen atoms in total. The van der Waals surface area contributed by atoms with E-state index in [9.17, 15) is 51.1 Å². The Kier molecular flexibility index (Phi) is 18.1. The number of hydrogen-bond acceptors (Lipinski definition) is 10. The van der Waals surface area contributed by atoms with E-state index in [2.05, 4.69) is 63.2 Å². The van der Waals surface area contributed by atoms with Gasteiger partial charge in [0, 0.05) is 48.9 Å². The number of phenolic OH excluding ortho intramolecular Hbond substituents is 10. The third-order valence-electron chi connectivity index (χ3n) is 20.0. The van der Waals surface area contributed by atoms with Crippen LogP contribution in [0.1, 0.15) is 171 Å². The van der Waals surface area contributed by atoms with Crippen LogP contribution in [0.2, 0.25) is 0 Å². The summed E-state index contributed by atoms with van der Waals surface area (Å²) in [6, 6.07) is 57.9. The minimum absolute atomic E-state index is 0.0928. The van der Waals surface area contributed by atoms with Crippen molar-refractivity contribution in [1.29, 1.82) is 0 Å². The van der Waals surface area contributed by atoms with Gasteiger partial charge in [-0.15, -0.1) is 0 Å². The Labute approximate surface area is 557 Å². The van der Waals surface area contributed by atoms with Crippen molar-refractivity contribution in [1.82, 2.24) is 0 Å². The monoisotopic (exact) mass is 1260 g/mol. The summed E-state index contributed by atoms with van der Waals surface area (Å²) in [6.07, 6.45) is 1.74. The van der Waals surface area contributed by atoms with E-state index in [0.29, 0.717) is 98.9 Å². The molecule has 2 unspecified atom stereocenters. The second-order valence-electron chi connectivity index (χ2n) is 26.9. The number of benzene rings is 11. The molecule has 484 valence electrons. The lowest BCUT2D eigenvalue weighted by Gasteiger charge is -2.38. The Morgan fingerprint density at radius 3 is 0.832 bits per heavy atom. The average Bonchev–Trinajstić information content (AvgIpc) is 0.729. The molecule has 11 rings (SSSR count). The van der Waals surface area contributed by atoms with E-state index >= 15 is 0 Å². The van der Waals surface area contributed by atoms with Gasteiger partial charge in [0.2, 0.25) is 0 Å². The molecule has 0 aliphatic carbocycles. The van der Waals surface area contributed by atoms with Crippen LogP contribution in [0.5, 0.6) is 57.5 Å². The molecule has 0 aliphatic heterocycles. The predicted octanol–water partition coefficient (Wildman–Crippen LogP) is 18.0. The molecule has 0 amide bonds. The molecule has 10 heteroatoms. The van der Waals surface area contributed by atoms with E-state index in [1.54, 1.807) is 42.5 Å². The molecule has 11 aromatic rings. The number of rotatable bonds is 18. The molecule has 0 saturated heterocycles. The van der Waals surface area contributed by atoms with E-state index in [4.69, 9.17) is 0 Å². The lowest BCUT2D eigenvalue weighted by molar-refractivity contribution is 0.463. The first-order chi connectivity index (χ1) is 45.1. The second kappa shape index (κ2) is 26.1. The van der Waals surface area contributed by atoms with Crippen LogP contribution in [-0.4, -0.2) is 51.1 Å². The molecule has 0 aromatic heterocycles. The number of aromatic hydroxyl groups is 10. The fraction of sp³-hybridized carbons (Fsp3) is 0.224. The molecule has 0 saturated carbocycles. The fourth-order valence-corrected chi connectivity index (χ4v) is 13.8. The Balaban J connectivity index is 1.23. The number of aryl methyl sites for hydroxylation is 8. The van der Waals surface area contributed by atoms with Crippen LogP contribution in [0, 0.1) is 55.4 Å². The summed E-state index contributed by atoms with van der Waals surface area (Å²) in [5.74, 6) is 1.17. The van der Waals surface area contributed by atoms with Gasteiger partial charge in [-0.3, -0.25) is 0 Å². The minimum Gasteiger partial charge on any atom is -0.508 e. The molecular formula is C85H84O10. The number of hydrogen-bond donors (Lipinski definition) is 10. The first kappa shape index (κ1) is 65.9. The van der Waals surface area contributed by atoms with Crippen molar-refractivity contribution in [2.45, 2.75) is 125 Å². The van der Waals surface area contributed by atoms with Crippen LogP contribution in [0.15, 0.2) is 182 Å². The second-order valence-corrected chi connectivity index (χ2v) is 26.9. The van der Waals surface area contributed by atoms with Gasteiger partial charge in [0.25, 0.3) is 0 Å². The lowest BCUT2D eigenvalue weighted by Crippen LogP contribution is -2.30. The van der Waals surface area contributed by atoms with Crippen molar-refractivity contribution in [3.63, 3.8) is 0 Å². The topological polar surface area (TPSA) is 202 Å². The zero-order valence-electron chi connectivity index (χ0n) is 55.9. The summed E-state index contributed by atoms with van der Waals surface area (Å²) < 4.78 is 0. The Bertz CT molecular complexity index is 4690. The molecule has 10 N–H and O–H groups in total. The van der Waals surface area contributed by atoms with Crippen molar-refractivity contribution in [3.05, 3.63) is 327 Å². The van der Waals surface area contributed by atoms with E-state index in [-0.39, 0.29) is 63.4 Å². The molecule has 0 aliphatic rings. The van der Waals surface area contributed by atoms with Gasteiger partial charge in [-0.2, -0.15) is 0 Å². The van der Waals surface area contributed by atoms with Crippen LogP contribution in [0.3, 0.4) is 0 Å². The lowest BCUT2D eigenvalue weighted by atomic mass is 9.65. The Hall–Kier alpha value is -10.6. The fourth-order valence-electron chi connectivity index (χ4n) is 13.8. The van der Waals surface area contributed by atoms with Gasteiger partial charge in [0.1, 0.15) is 57.5 Å². The van der Waals surface area contributed by atoms with Gasteiger partial charge in [-0.25, -0.2) is 0 Å². The normalized spacial score (nSPS) is 12.6. The first-order valence-corrected chi connectivity index (χ1v) is 32.3. The largest absolute Gasteiger partial charge is 0.508 e. The predicted molar refractivity (Wildman–Crippen MR) is 378 cm³/mol. The maximum absolute atomic E-state index is 12.2. The standard InChI is InChI=1S/C85H84O10/c1-47-26-56(12-19-74(47)86)34-63-39-61(17-24-79(63)91)55(9)62-40-72(84(10,68-18-25-80(92)64(42-68)35-57-13-20-75(87)48(2)27-57)69-31-52(6)81(93)65(43-69)36-58-14-21-76(88)49(3)28-58)46-73(41-62)85(11,70-32-53(7)82(94)66(44-70)37-59-15-22-77(89)50(4)29-59)71-33-54(8)83(95)67(45-71)38-60-16-23-78(90)51(5)30-60/h12-33,39-46,55,86-95H,34-38H2,1-11H3. The molecule has 11 aromatic carbocycles. The van der Waals surface area contributed by atoms with Crippen LogP contribution in [-0.2, 0) is 42.9 Å². The summed E-state index contributed by atoms with van der Waals surface area (Å²) in [4.78, 5) is 0. The molecule has 0 bridgehead atoms. The highest BCUT2D eigenvalue weighted by molar-refractivity contribution is 5.64. The molecular weight excluding hydrogens is 1180 g/mol. The molecule has 2 atom stereocenters. The van der Waals surface area contributed by atoms with Crippen LogP contribution in [0.25, 0.3) is 0 Å². The van der Waals surface area contributed by atoms with Gasteiger partial charge in [-0.05, 0) is 256 Å². The van der Waals surface area contributed by atoms with Gasteiger partial charge in [0.15, 0.2) is 0 Å².